The first-order valence-electron chi connectivity index (χ1n) is 13.8. The van der Waals surface area contributed by atoms with E-state index in [0.29, 0.717) is 0 Å². The van der Waals surface area contributed by atoms with Crippen molar-refractivity contribution in [2.24, 2.45) is 0 Å². The maximum absolute atomic E-state index is 15.6. The molecule has 2 aliphatic heterocycles. The molecule has 0 aliphatic carbocycles. The highest BCUT2D eigenvalue weighted by atomic mass is 19.1. The van der Waals surface area contributed by atoms with E-state index in [1.807, 2.05) is 4.90 Å². The van der Waals surface area contributed by atoms with E-state index in [1.165, 1.54) is 45.5 Å². The second-order valence-corrected chi connectivity index (χ2v) is 12.2. The Morgan fingerprint density at radius 3 is 2.15 bits per heavy atom. The van der Waals surface area contributed by atoms with Crippen molar-refractivity contribution in [3.05, 3.63) is 114 Å². The second-order valence-electron chi connectivity index (χ2n) is 12.2. The Morgan fingerprint density at radius 1 is 0.675 bits per heavy atom. The van der Waals surface area contributed by atoms with Crippen molar-refractivity contribution in [2.45, 2.75) is 33.1 Å². The predicted molar refractivity (Wildman–Crippen MR) is 163 cm³/mol. The molecule has 0 spiro atoms. The molecule has 0 saturated heterocycles. The van der Waals surface area contributed by atoms with Crippen LogP contribution in [0.3, 0.4) is 0 Å². The minimum atomic E-state index is -0.579. The van der Waals surface area contributed by atoms with Gasteiger partial charge >= 0.3 is 0 Å². The van der Waals surface area contributed by atoms with Crippen molar-refractivity contribution in [3.63, 3.8) is 0 Å². The number of hydrogen-bond acceptors (Lipinski definition) is 1. The number of halogens is 2. The van der Waals surface area contributed by atoms with Crippen LogP contribution in [0.1, 0.15) is 31.9 Å². The molecule has 0 saturated carbocycles. The third kappa shape index (κ3) is 2.98. The molecule has 3 heterocycles. The lowest BCUT2D eigenvalue weighted by Crippen LogP contribution is -2.60. The van der Waals surface area contributed by atoms with Gasteiger partial charge in [0.15, 0.2) is 0 Å². The Balaban J connectivity index is 1.59. The normalized spacial score (nSPS) is 13.7. The largest absolute Gasteiger partial charge is 0.310 e. The highest BCUT2D eigenvalue weighted by Gasteiger charge is 2.43. The zero-order valence-corrected chi connectivity index (χ0v) is 22.9. The molecule has 2 nitrogen and oxygen atoms in total. The summed E-state index contributed by atoms with van der Waals surface area (Å²) in [7, 11) is 0. The fourth-order valence-corrected chi connectivity index (χ4v) is 6.96. The first-order valence-corrected chi connectivity index (χ1v) is 13.8. The minimum Gasteiger partial charge on any atom is -0.310 e. The Labute approximate surface area is 232 Å². The Hall–Kier alpha value is -4.38. The topological polar surface area (TPSA) is 8.17 Å². The number of hydrogen-bond donors (Lipinski definition) is 0. The number of aryl methyl sites for hydroxylation is 1. The van der Waals surface area contributed by atoms with Crippen LogP contribution in [0, 0.1) is 18.6 Å². The summed E-state index contributed by atoms with van der Waals surface area (Å²) in [6.07, 6.45) is 0. The van der Waals surface area contributed by atoms with Gasteiger partial charge < -0.3 is 9.47 Å². The predicted octanol–water partition coefficient (Wildman–Crippen LogP) is 7.28. The molecule has 0 fully saturated rings. The standard InChI is InChI=1S/C35H27BF2N2/c1-20-17-30-32-31(18-20)40(34-26(37)12-8-13-27(34)38)29-16-15-21(35(2,3)4)19-25(29)36(32)24-11-7-10-23-22-9-5-6-14-28(22)39(30)33(23)24/h5-19H,1-4H3. The van der Waals surface area contributed by atoms with Gasteiger partial charge in [0, 0.05) is 33.4 Å². The van der Waals surface area contributed by atoms with Gasteiger partial charge in [0.1, 0.15) is 17.3 Å². The smallest absolute Gasteiger partial charge is 0.252 e. The van der Waals surface area contributed by atoms with Crippen LogP contribution in [0.25, 0.3) is 27.5 Å². The van der Waals surface area contributed by atoms with Gasteiger partial charge in [-0.15, -0.1) is 0 Å². The highest BCUT2D eigenvalue weighted by Crippen LogP contribution is 2.43. The van der Waals surface area contributed by atoms with E-state index in [1.54, 1.807) is 0 Å². The summed E-state index contributed by atoms with van der Waals surface area (Å²) in [5.74, 6) is -1.16. The van der Waals surface area contributed by atoms with Gasteiger partial charge in [-0.2, -0.15) is 0 Å². The van der Waals surface area contributed by atoms with Crippen LogP contribution in [-0.4, -0.2) is 11.3 Å². The van der Waals surface area contributed by atoms with Crippen LogP contribution in [0.4, 0.5) is 25.8 Å². The van der Waals surface area contributed by atoms with Gasteiger partial charge in [-0.3, -0.25) is 0 Å². The average Bonchev–Trinajstić information content (AvgIpc) is 3.26. The molecular formula is C35H27BF2N2. The highest BCUT2D eigenvalue weighted by molar-refractivity contribution is 7.00. The van der Waals surface area contributed by atoms with E-state index in [9.17, 15) is 0 Å². The fourth-order valence-electron chi connectivity index (χ4n) is 6.96. The van der Waals surface area contributed by atoms with Gasteiger partial charge in [0.05, 0.1) is 5.52 Å². The third-order valence-corrected chi connectivity index (χ3v) is 8.69. The van der Waals surface area contributed by atoms with Crippen LogP contribution < -0.4 is 21.3 Å². The van der Waals surface area contributed by atoms with E-state index in [0.717, 1.165) is 39.1 Å². The first kappa shape index (κ1) is 23.5. The monoisotopic (exact) mass is 524 g/mol. The lowest BCUT2D eigenvalue weighted by atomic mass is 9.33. The van der Waals surface area contributed by atoms with Crippen LogP contribution in [-0.2, 0) is 5.41 Å². The van der Waals surface area contributed by atoms with Gasteiger partial charge in [-0.05, 0) is 76.3 Å². The minimum absolute atomic E-state index is 0.0418. The lowest BCUT2D eigenvalue weighted by Gasteiger charge is -2.41. The van der Waals surface area contributed by atoms with Crippen molar-refractivity contribution in [2.75, 3.05) is 4.90 Å². The number of aromatic nitrogens is 1. The van der Waals surface area contributed by atoms with Crippen molar-refractivity contribution in [1.82, 2.24) is 4.57 Å². The molecule has 194 valence electrons. The van der Waals surface area contributed by atoms with Crippen LogP contribution in [0.5, 0.6) is 0 Å². The Kier molecular flexibility index (Phi) is 4.61. The summed E-state index contributed by atoms with van der Waals surface area (Å²) in [6, 6.07) is 29.9. The number of para-hydroxylation sites is 3. The molecule has 40 heavy (non-hydrogen) atoms. The molecule has 0 unspecified atom stereocenters. The molecule has 0 bridgehead atoms. The molecule has 0 atom stereocenters. The van der Waals surface area contributed by atoms with Crippen molar-refractivity contribution in [3.8, 4) is 5.69 Å². The number of nitrogens with zero attached hydrogens (tertiary/aromatic N) is 2. The van der Waals surface area contributed by atoms with Crippen LogP contribution in [0.2, 0.25) is 0 Å². The van der Waals surface area contributed by atoms with E-state index in [2.05, 4.69) is 105 Å². The summed E-state index contributed by atoms with van der Waals surface area (Å²) < 4.78 is 33.5. The molecule has 0 N–H and O–H groups in total. The quantitative estimate of drug-likeness (QED) is 0.205. The Bertz CT molecular complexity index is 2030. The van der Waals surface area contributed by atoms with E-state index in [-0.39, 0.29) is 17.8 Å². The zero-order valence-electron chi connectivity index (χ0n) is 22.9. The molecule has 5 aromatic carbocycles. The molecule has 6 aromatic rings. The van der Waals surface area contributed by atoms with Crippen molar-refractivity contribution >= 4 is 62.0 Å². The van der Waals surface area contributed by atoms with Gasteiger partial charge in [-0.1, -0.05) is 75.4 Å². The van der Waals surface area contributed by atoms with Gasteiger partial charge in [-0.25, -0.2) is 8.78 Å². The fraction of sp³-hybridized carbons (Fsp3) is 0.143. The van der Waals surface area contributed by atoms with Crippen molar-refractivity contribution in [1.29, 1.82) is 0 Å². The third-order valence-electron chi connectivity index (χ3n) is 8.69. The molecule has 8 rings (SSSR count). The lowest BCUT2D eigenvalue weighted by molar-refractivity contribution is 0.585. The van der Waals surface area contributed by atoms with E-state index in [4.69, 9.17) is 0 Å². The number of anilines is 3. The van der Waals surface area contributed by atoms with Gasteiger partial charge in [0.2, 0.25) is 0 Å². The van der Waals surface area contributed by atoms with Crippen molar-refractivity contribution < 1.29 is 8.78 Å². The number of fused-ring (bicyclic) bond motifs is 7. The van der Waals surface area contributed by atoms with E-state index < -0.39 is 11.6 Å². The Morgan fingerprint density at radius 2 is 1.38 bits per heavy atom. The molecule has 0 radical (unpaired) electrons. The van der Waals surface area contributed by atoms with Gasteiger partial charge in [0.25, 0.3) is 6.71 Å². The van der Waals surface area contributed by atoms with E-state index >= 15 is 8.78 Å². The molecular weight excluding hydrogens is 497 g/mol. The van der Waals surface area contributed by atoms with Crippen LogP contribution >= 0.6 is 0 Å². The number of rotatable bonds is 1. The zero-order chi connectivity index (χ0) is 27.5. The average molecular weight is 524 g/mol. The summed E-state index contributed by atoms with van der Waals surface area (Å²) in [4.78, 5) is 1.81. The maximum Gasteiger partial charge on any atom is 0.252 e. The maximum atomic E-state index is 15.6. The summed E-state index contributed by atoms with van der Waals surface area (Å²) in [5, 5.41) is 2.42. The SMILES string of the molecule is Cc1cc2c3c(c1)-n1c4ccccc4c4cccc(c41)B3c1cc(C(C)(C)C)ccc1N2c1c(F)cccc1F. The van der Waals surface area contributed by atoms with Crippen LogP contribution in [0.15, 0.2) is 91.0 Å². The summed E-state index contributed by atoms with van der Waals surface area (Å²) in [5.41, 5.74) is 10.5. The summed E-state index contributed by atoms with van der Waals surface area (Å²) >= 11 is 0. The second kappa shape index (κ2) is 7.85. The molecule has 5 heteroatoms. The first-order chi connectivity index (χ1) is 19.2. The molecule has 1 aromatic heterocycles. The number of benzene rings is 5. The molecule has 2 aliphatic rings. The molecule has 0 amide bonds. The summed E-state index contributed by atoms with van der Waals surface area (Å²) in [6.45, 7) is 8.59.